The predicted octanol–water partition coefficient (Wildman–Crippen LogP) is 2.04. The van der Waals surface area contributed by atoms with Crippen molar-refractivity contribution in [1.29, 1.82) is 0 Å². The van der Waals surface area contributed by atoms with Crippen LogP contribution in [0.1, 0.15) is 44.7 Å². The number of pyridine rings is 1. The first-order valence-electron chi connectivity index (χ1n) is 7.09. The number of hydrogen-bond donors (Lipinski definition) is 2. The van der Waals surface area contributed by atoms with Crippen LogP contribution in [0.15, 0.2) is 24.5 Å². The molecule has 1 saturated heterocycles. The zero-order chi connectivity index (χ0) is 13.7. The standard InChI is InChI=1S/C15H23N3O/c1-3-15(6-9-16-10-7-15)14(19)18-12(2)13-5-4-8-17-11-13/h4-5,8,11-12,16H,3,6-7,9-10H2,1-2H3,(H,18,19)/t12-/m0/s1. The van der Waals surface area contributed by atoms with E-state index in [-0.39, 0.29) is 17.4 Å². The van der Waals surface area contributed by atoms with E-state index in [1.165, 1.54) is 0 Å². The number of nitrogens with zero attached hydrogens (tertiary/aromatic N) is 1. The number of rotatable bonds is 4. The lowest BCUT2D eigenvalue weighted by atomic mass is 9.75. The summed E-state index contributed by atoms with van der Waals surface area (Å²) in [5.41, 5.74) is 0.859. The summed E-state index contributed by atoms with van der Waals surface area (Å²) in [4.78, 5) is 16.7. The summed E-state index contributed by atoms with van der Waals surface area (Å²) in [5, 5.41) is 6.47. The highest BCUT2D eigenvalue weighted by Crippen LogP contribution is 2.33. The van der Waals surface area contributed by atoms with E-state index in [2.05, 4.69) is 22.5 Å². The fraction of sp³-hybridized carbons (Fsp3) is 0.600. The van der Waals surface area contributed by atoms with Crippen molar-refractivity contribution in [3.8, 4) is 0 Å². The lowest BCUT2D eigenvalue weighted by molar-refractivity contribution is -0.133. The van der Waals surface area contributed by atoms with E-state index in [0.29, 0.717) is 0 Å². The van der Waals surface area contributed by atoms with Crippen LogP contribution in [-0.2, 0) is 4.79 Å². The van der Waals surface area contributed by atoms with Crippen LogP contribution in [0, 0.1) is 5.41 Å². The van der Waals surface area contributed by atoms with E-state index in [1.807, 2.05) is 25.3 Å². The van der Waals surface area contributed by atoms with E-state index < -0.39 is 0 Å². The van der Waals surface area contributed by atoms with Crippen LogP contribution in [0.5, 0.6) is 0 Å². The van der Waals surface area contributed by atoms with Gasteiger partial charge >= 0.3 is 0 Å². The number of amides is 1. The molecule has 19 heavy (non-hydrogen) atoms. The molecule has 4 heteroatoms. The molecule has 104 valence electrons. The van der Waals surface area contributed by atoms with Gasteiger partial charge in [0.15, 0.2) is 0 Å². The Labute approximate surface area is 115 Å². The minimum Gasteiger partial charge on any atom is -0.349 e. The zero-order valence-electron chi connectivity index (χ0n) is 11.8. The quantitative estimate of drug-likeness (QED) is 0.872. The molecule has 1 aromatic heterocycles. The molecule has 4 nitrogen and oxygen atoms in total. The molecule has 1 atom stereocenters. The van der Waals surface area contributed by atoms with Crippen molar-refractivity contribution >= 4 is 5.91 Å². The summed E-state index contributed by atoms with van der Waals surface area (Å²) in [7, 11) is 0. The fourth-order valence-electron chi connectivity index (χ4n) is 2.71. The molecule has 1 amide bonds. The summed E-state index contributed by atoms with van der Waals surface area (Å²) in [6, 6.07) is 3.91. The third kappa shape index (κ3) is 3.13. The van der Waals surface area contributed by atoms with Gasteiger partial charge in [-0.1, -0.05) is 13.0 Å². The summed E-state index contributed by atoms with van der Waals surface area (Å²) in [6.45, 7) is 5.99. The van der Waals surface area contributed by atoms with Gasteiger partial charge < -0.3 is 10.6 Å². The third-order valence-corrected chi connectivity index (χ3v) is 4.25. The molecule has 0 saturated carbocycles. The average molecular weight is 261 g/mol. The first kappa shape index (κ1) is 14.0. The third-order valence-electron chi connectivity index (χ3n) is 4.25. The molecule has 0 unspecified atom stereocenters. The minimum atomic E-state index is -0.193. The predicted molar refractivity (Wildman–Crippen MR) is 75.6 cm³/mol. The highest BCUT2D eigenvalue weighted by Gasteiger charge is 2.38. The van der Waals surface area contributed by atoms with E-state index in [0.717, 1.165) is 37.9 Å². The minimum absolute atomic E-state index is 0.0134. The van der Waals surface area contributed by atoms with Gasteiger partial charge in [0.25, 0.3) is 0 Å². The molecule has 2 rings (SSSR count). The maximum Gasteiger partial charge on any atom is 0.226 e. The smallest absolute Gasteiger partial charge is 0.226 e. The van der Waals surface area contributed by atoms with Crippen LogP contribution in [-0.4, -0.2) is 24.0 Å². The number of carbonyl (C=O) groups is 1. The molecular weight excluding hydrogens is 238 g/mol. The molecule has 1 aliphatic heterocycles. The molecule has 1 aliphatic rings. The van der Waals surface area contributed by atoms with Gasteiger partial charge in [0, 0.05) is 12.4 Å². The zero-order valence-corrected chi connectivity index (χ0v) is 11.8. The highest BCUT2D eigenvalue weighted by atomic mass is 16.2. The van der Waals surface area contributed by atoms with Crippen molar-refractivity contribution < 1.29 is 4.79 Å². The Morgan fingerprint density at radius 3 is 2.84 bits per heavy atom. The van der Waals surface area contributed by atoms with Crippen molar-refractivity contribution in [3.05, 3.63) is 30.1 Å². The van der Waals surface area contributed by atoms with Crippen LogP contribution < -0.4 is 10.6 Å². The van der Waals surface area contributed by atoms with Crippen molar-refractivity contribution in [3.63, 3.8) is 0 Å². The SMILES string of the molecule is CCC1(C(=O)N[C@@H](C)c2cccnc2)CCNCC1. The summed E-state index contributed by atoms with van der Waals surface area (Å²) in [5.74, 6) is 0.188. The molecule has 2 heterocycles. The van der Waals surface area contributed by atoms with Gasteiger partial charge in [0.2, 0.25) is 5.91 Å². The summed E-state index contributed by atoms with van der Waals surface area (Å²) in [6.07, 6.45) is 6.31. The number of nitrogens with one attached hydrogen (secondary N) is 2. The first-order chi connectivity index (χ1) is 9.18. The van der Waals surface area contributed by atoms with Crippen molar-refractivity contribution in [1.82, 2.24) is 15.6 Å². The fourth-order valence-corrected chi connectivity index (χ4v) is 2.71. The van der Waals surface area contributed by atoms with Gasteiger partial charge in [-0.25, -0.2) is 0 Å². The Bertz CT molecular complexity index is 413. The molecule has 0 radical (unpaired) electrons. The maximum absolute atomic E-state index is 12.6. The highest BCUT2D eigenvalue weighted by molar-refractivity contribution is 5.83. The van der Waals surface area contributed by atoms with Crippen LogP contribution in [0.3, 0.4) is 0 Å². The lowest BCUT2D eigenvalue weighted by Crippen LogP contribution is -2.47. The molecule has 0 aliphatic carbocycles. The molecule has 0 bridgehead atoms. The largest absolute Gasteiger partial charge is 0.349 e. The van der Waals surface area contributed by atoms with E-state index in [1.54, 1.807) is 6.20 Å². The van der Waals surface area contributed by atoms with Gasteiger partial charge in [0.05, 0.1) is 11.5 Å². The summed E-state index contributed by atoms with van der Waals surface area (Å²) < 4.78 is 0. The molecule has 2 N–H and O–H groups in total. The molecule has 1 fully saturated rings. The van der Waals surface area contributed by atoms with Crippen molar-refractivity contribution in [2.45, 2.75) is 39.2 Å². The number of piperidine rings is 1. The molecular formula is C15H23N3O. The normalized spacial score (nSPS) is 19.7. The Hall–Kier alpha value is -1.42. The number of aromatic nitrogens is 1. The lowest BCUT2D eigenvalue weighted by Gasteiger charge is -2.36. The second-order valence-corrected chi connectivity index (χ2v) is 5.37. The second kappa shape index (κ2) is 6.15. The first-order valence-corrected chi connectivity index (χ1v) is 7.09. The van der Waals surface area contributed by atoms with E-state index in [9.17, 15) is 4.79 Å². The Morgan fingerprint density at radius 2 is 2.26 bits per heavy atom. The van der Waals surface area contributed by atoms with Crippen LogP contribution in [0.2, 0.25) is 0 Å². The van der Waals surface area contributed by atoms with Crippen molar-refractivity contribution in [2.75, 3.05) is 13.1 Å². The second-order valence-electron chi connectivity index (χ2n) is 5.37. The summed E-state index contributed by atoms with van der Waals surface area (Å²) >= 11 is 0. The van der Waals surface area contributed by atoms with E-state index >= 15 is 0 Å². The van der Waals surface area contributed by atoms with Crippen LogP contribution in [0.4, 0.5) is 0 Å². The molecule has 0 spiro atoms. The van der Waals surface area contributed by atoms with Gasteiger partial charge in [0.1, 0.15) is 0 Å². The van der Waals surface area contributed by atoms with E-state index in [4.69, 9.17) is 0 Å². The molecule has 0 aromatic carbocycles. The van der Waals surface area contributed by atoms with Gasteiger partial charge in [-0.3, -0.25) is 9.78 Å². The Kier molecular flexibility index (Phi) is 4.53. The number of hydrogen-bond acceptors (Lipinski definition) is 3. The average Bonchev–Trinajstić information content (AvgIpc) is 2.48. The van der Waals surface area contributed by atoms with Gasteiger partial charge in [-0.05, 0) is 50.9 Å². The van der Waals surface area contributed by atoms with Gasteiger partial charge in [-0.15, -0.1) is 0 Å². The number of carbonyl (C=O) groups excluding carboxylic acids is 1. The van der Waals surface area contributed by atoms with Crippen molar-refractivity contribution in [2.24, 2.45) is 5.41 Å². The van der Waals surface area contributed by atoms with Gasteiger partial charge in [-0.2, -0.15) is 0 Å². The Balaban J connectivity index is 2.03. The van der Waals surface area contributed by atoms with Crippen LogP contribution in [0.25, 0.3) is 0 Å². The molecule has 1 aromatic rings. The van der Waals surface area contributed by atoms with Crippen LogP contribution >= 0.6 is 0 Å². The monoisotopic (exact) mass is 261 g/mol. The Morgan fingerprint density at radius 1 is 1.53 bits per heavy atom. The topological polar surface area (TPSA) is 54.0 Å². The maximum atomic E-state index is 12.6.